The van der Waals surface area contributed by atoms with Crippen LogP contribution >= 0.6 is 23.4 Å². The zero-order valence-corrected chi connectivity index (χ0v) is 10.8. The quantitative estimate of drug-likeness (QED) is 0.658. The standard InChI is InChI=1S/C12H11ClN2OS/c1-8(15)11(6-14)12(16)7-17-10-4-2-9(13)3-5-10/h2-5,11,15H,7H2,1H3. The predicted octanol–water partition coefficient (Wildman–Crippen LogP) is 3.18. The van der Waals surface area contributed by atoms with Crippen molar-refractivity contribution >= 4 is 34.9 Å². The average molecular weight is 267 g/mol. The second-order valence-electron chi connectivity index (χ2n) is 3.45. The van der Waals surface area contributed by atoms with Crippen LogP contribution in [0.4, 0.5) is 0 Å². The maximum absolute atomic E-state index is 11.6. The fraction of sp³-hybridized carbons (Fsp3) is 0.250. The highest BCUT2D eigenvalue weighted by atomic mass is 35.5. The molecular weight excluding hydrogens is 256 g/mol. The number of nitrogens with zero attached hydrogens (tertiary/aromatic N) is 1. The van der Waals surface area contributed by atoms with Gasteiger partial charge in [0.15, 0.2) is 5.78 Å². The summed E-state index contributed by atoms with van der Waals surface area (Å²) < 4.78 is 0. The minimum absolute atomic E-state index is 0.0919. The van der Waals surface area contributed by atoms with Gasteiger partial charge in [0.2, 0.25) is 0 Å². The van der Waals surface area contributed by atoms with E-state index in [0.29, 0.717) is 5.02 Å². The largest absolute Gasteiger partial charge is 0.308 e. The van der Waals surface area contributed by atoms with Crippen molar-refractivity contribution in [3.8, 4) is 6.07 Å². The summed E-state index contributed by atoms with van der Waals surface area (Å²) in [7, 11) is 0. The van der Waals surface area contributed by atoms with E-state index in [4.69, 9.17) is 22.3 Å². The van der Waals surface area contributed by atoms with Crippen LogP contribution in [0.25, 0.3) is 0 Å². The van der Waals surface area contributed by atoms with Gasteiger partial charge in [0.25, 0.3) is 0 Å². The molecule has 0 aliphatic carbocycles. The number of rotatable bonds is 5. The third-order valence-electron chi connectivity index (χ3n) is 2.08. The number of hydrogen-bond donors (Lipinski definition) is 1. The summed E-state index contributed by atoms with van der Waals surface area (Å²) in [5, 5.41) is 16.7. The molecule has 0 aliphatic heterocycles. The summed E-state index contributed by atoms with van der Waals surface area (Å²) in [6, 6.07) is 8.97. The molecule has 0 bridgehead atoms. The van der Waals surface area contributed by atoms with Crippen LogP contribution in [0.3, 0.4) is 0 Å². The minimum atomic E-state index is -0.921. The monoisotopic (exact) mass is 266 g/mol. The fourth-order valence-electron chi connectivity index (χ4n) is 1.18. The Balaban J connectivity index is 2.57. The van der Waals surface area contributed by atoms with E-state index in [0.717, 1.165) is 4.90 Å². The molecule has 1 N–H and O–H groups in total. The molecule has 0 amide bonds. The van der Waals surface area contributed by atoms with Crippen LogP contribution < -0.4 is 0 Å². The van der Waals surface area contributed by atoms with Crippen LogP contribution in [-0.4, -0.2) is 17.2 Å². The third-order valence-corrected chi connectivity index (χ3v) is 3.37. The lowest BCUT2D eigenvalue weighted by Gasteiger charge is -2.05. The summed E-state index contributed by atoms with van der Waals surface area (Å²) in [4.78, 5) is 12.6. The summed E-state index contributed by atoms with van der Waals surface area (Å²) in [5.41, 5.74) is 0.0919. The first-order valence-corrected chi connectivity index (χ1v) is 6.26. The molecule has 0 fully saturated rings. The molecule has 1 aromatic rings. The SMILES string of the molecule is CC(=N)C(C#N)C(=O)CSc1ccc(Cl)cc1. The summed E-state index contributed by atoms with van der Waals surface area (Å²) in [5.74, 6) is -0.967. The molecule has 1 rings (SSSR count). The van der Waals surface area contributed by atoms with E-state index in [9.17, 15) is 4.79 Å². The Morgan fingerprint density at radius 3 is 2.59 bits per heavy atom. The number of halogens is 1. The van der Waals surface area contributed by atoms with Gasteiger partial charge in [-0.2, -0.15) is 5.26 Å². The van der Waals surface area contributed by atoms with Gasteiger partial charge in [-0.1, -0.05) is 11.6 Å². The first-order valence-electron chi connectivity index (χ1n) is 4.90. The van der Waals surface area contributed by atoms with Crippen molar-refractivity contribution < 1.29 is 4.79 Å². The highest BCUT2D eigenvalue weighted by Gasteiger charge is 2.19. The van der Waals surface area contributed by atoms with Crippen LogP contribution in [0.5, 0.6) is 0 Å². The minimum Gasteiger partial charge on any atom is -0.308 e. The molecule has 0 heterocycles. The molecule has 0 aromatic heterocycles. The van der Waals surface area contributed by atoms with Crippen molar-refractivity contribution in [2.24, 2.45) is 5.92 Å². The van der Waals surface area contributed by atoms with Crippen molar-refractivity contribution in [1.82, 2.24) is 0 Å². The Morgan fingerprint density at radius 2 is 2.12 bits per heavy atom. The first-order chi connectivity index (χ1) is 8.04. The van der Waals surface area contributed by atoms with Crippen LogP contribution in [-0.2, 0) is 4.79 Å². The fourth-order valence-corrected chi connectivity index (χ4v) is 2.11. The average Bonchev–Trinajstić information content (AvgIpc) is 2.28. The van der Waals surface area contributed by atoms with E-state index in [1.165, 1.54) is 18.7 Å². The number of nitriles is 1. The van der Waals surface area contributed by atoms with E-state index < -0.39 is 5.92 Å². The van der Waals surface area contributed by atoms with Gasteiger partial charge in [-0.05, 0) is 31.2 Å². The summed E-state index contributed by atoms with van der Waals surface area (Å²) >= 11 is 7.08. The number of Topliss-reactive ketones (excluding diaryl/α,β-unsaturated/α-hetero) is 1. The Morgan fingerprint density at radius 1 is 1.53 bits per heavy atom. The van der Waals surface area contributed by atoms with Gasteiger partial charge in [-0.25, -0.2) is 0 Å². The Hall–Kier alpha value is -1.31. The van der Waals surface area contributed by atoms with Crippen LogP contribution in [0, 0.1) is 22.7 Å². The molecule has 1 atom stereocenters. The number of carbonyl (C=O) groups excluding carboxylic acids is 1. The second kappa shape index (κ2) is 6.43. The molecule has 1 aromatic carbocycles. The van der Waals surface area contributed by atoms with Crippen molar-refractivity contribution in [2.75, 3.05) is 5.75 Å². The van der Waals surface area contributed by atoms with Crippen molar-refractivity contribution in [3.63, 3.8) is 0 Å². The number of carbonyl (C=O) groups is 1. The first kappa shape index (κ1) is 13.8. The van der Waals surface area contributed by atoms with Crippen LogP contribution in [0.1, 0.15) is 6.92 Å². The maximum atomic E-state index is 11.6. The molecular formula is C12H11ClN2OS. The van der Waals surface area contributed by atoms with E-state index in [2.05, 4.69) is 0 Å². The molecule has 88 valence electrons. The topological polar surface area (TPSA) is 64.7 Å². The number of ketones is 1. The Labute approximate surface area is 109 Å². The highest BCUT2D eigenvalue weighted by molar-refractivity contribution is 8.00. The summed E-state index contributed by atoms with van der Waals surface area (Å²) in [6.45, 7) is 1.47. The number of benzene rings is 1. The van der Waals surface area contributed by atoms with Gasteiger partial charge < -0.3 is 5.41 Å². The maximum Gasteiger partial charge on any atom is 0.165 e. The molecule has 3 nitrogen and oxygen atoms in total. The molecule has 0 saturated carbocycles. The molecule has 17 heavy (non-hydrogen) atoms. The van der Waals surface area contributed by atoms with Gasteiger partial charge in [-0.15, -0.1) is 11.8 Å². The molecule has 0 spiro atoms. The van der Waals surface area contributed by atoms with E-state index in [1.807, 2.05) is 18.2 Å². The Bertz CT molecular complexity index is 464. The molecule has 5 heteroatoms. The Kier molecular flexibility index (Phi) is 5.20. The lowest BCUT2D eigenvalue weighted by atomic mass is 10.0. The zero-order chi connectivity index (χ0) is 12.8. The molecule has 0 aliphatic rings. The molecule has 1 unspecified atom stereocenters. The van der Waals surface area contributed by atoms with Gasteiger partial charge in [0.1, 0.15) is 5.92 Å². The molecule has 0 radical (unpaired) electrons. The van der Waals surface area contributed by atoms with E-state index >= 15 is 0 Å². The highest BCUT2D eigenvalue weighted by Crippen LogP contribution is 2.21. The lowest BCUT2D eigenvalue weighted by molar-refractivity contribution is -0.117. The zero-order valence-electron chi connectivity index (χ0n) is 9.24. The van der Waals surface area contributed by atoms with Gasteiger partial charge in [-0.3, -0.25) is 4.79 Å². The van der Waals surface area contributed by atoms with Gasteiger partial charge in [0.05, 0.1) is 11.8 Å². The second-order valence-corrected chi connectivity index (χ2v) is 4.94. The predicted molar refractivity (Wildman–Crippen MR) is 69.7 cm³/mol. The lowest BCUT2D eigenvalue weighted by Crippen LogP contribution is -2.21. The molecule has 0 saturated heterocycles. The van der Waals surface area contributed by atoms with Crippen LogP contribution in [0.15, 0.2) is 29.2 Å². The van der Waals surface area contributed by atoms with E-state index in [-0.39, 0.29) is 17.2 Å². The van der Waals surface area contributed by atoms with Gasteiger partial charge in [0, 0.05) is 15.6 Å². The van der Waals surface area contributed by atoms with Crippen LogP contribution in [0.2, 0.25) is 5.02 Å². The third kappa shape index (κ3) is 4.22. The van der Waals surface area contributed by atoms with Crippen molar-refractivity contribution in [2.45, 2.75) is 11.8 Å². The number of nitrogens with one attached hydrogen (secondary N) is 1. The smallest absolute Gasteiger partial charge is 0.165 e. The number of hydrogen-bond acceptors (Lipinski definition) is 4. The van der Waals surface area contributed by atoms with E-state index in [1.54, 1.807) is 12.1 Å². The van der Waals surface area contributed by atoms with Crippen molar-refractivity contribution in [1.29, 1.82) is 10.7 Å². The summed E-state index contributed by atoms with van der Waals surface area (Å²) in [6.07, 6.45) is 0. The van der Waals surface area contributed by atoms with Crippen molar-refractivity contribution in [3.05, 3.63) is 29.3 Å². The normalized spacial score (nSPS) is 11.6. The van der Waals surface area contributed by atoms with Gasteiger partial charge >= 0.3 is 0 Å². The number of thioether (sulfide) groups is 1.